The lowest BCUT2D eigenvalue weighted by Crippen LogP contribution is -2.53. The summed E-state index contributed by atoms with van der Waals surface area (Å²) in [5, 5.41) is 0. The molecule has 0 aliphatic carbocycles. The number of ether oxygens (including phenoxy) is 2. The zero-order valence-corrected chi connectivity index (χ0v) is 15.3. The number of methoxy groups -OCH3 is 1. The molecule has 4 atom stereocenters. The highest BCUT2D eigenvalue weighted by Crippen LogP contribution is 2.40. The maximum Gasteiger partial charge on any atom is 0.338 e. The van der Waals surface area contributed by atoms with Gasteiger partial charge in [0.1, 0.15) is 12.0 Å². The van der Waals surface area contributed by atoms with E-state index in [0.29, 0.717) is 18.0 Å². The summed E-state index contributed by atoms with van der Waals surface area (Å²) in [6.45, 7) is 0. The second-order valence-corrected chi connectivity index (χ2v) is 6.06. The number of carbonyl (C=O) groups is 2. The van der Waals surface area contributed by atoms with Crippen molar-refractivity contribution < 1.29 is 19.1 Å². The molecule has 2 bridgehead atoms. The number of carbonyl (C=O) groups excluding carboxylic acids is 2. The van der Waals surface area contributed by atoms with E-state index in [1.807, 2.05) is 13.1 Å². The van der Waals surface area contributed by atoms with E-state index in [4.69, 9.17) is 9.47 Å². The average molecular weight is 376 g/mol. The van der Waals surface area contributed by atoms with Gasteiger partial charge in [-0.05, 0) is 32.0 Å². The summed E-state index contributed by atoms with van der Waals surface area (Å²) in [6, 6.07) is 9.36. The third-order valence-electron chi connectivity index (χ3n) is 4.96. The quantitative estimate of drug-likeness (QED) is 0.760. The van der Waals surface area contributed by atoms with Gasteiger partial charge >= 0.3 is 11.9 Å². The van der Waals surface area contributed by atoms with E-state index in [9.17, 15) is 9.59 Å². The highest BCUT2D eigenvalue weighted by atomic mass is 35.5. The van der Waals surface area contributed by atoms with E-state index >= 15 is 0 Å². The minimum absolute atomic E-state index is 0. The Morgan fingerprint density at radius 3 is 2.42 bits per heavy atom. The fraction of sp³-hybridized carbons (Fsp3) is 0.529. The van der Waals surface area contributed by atoms with Crippen molar-refractivity contribution in [1.29, 1.82) is 0 Å². The Hall–Kier alpha value is -1.30. The van der Waals surface area contributed by atoms with Crippen molar-refractivity contribution in [3.63, 3.8) is 0 Å². The number of benzene rings is 1. The SMILES string of the molecule is COC(=O)[C@H]1[C@@H](OC(=O)c2ccccc2)C[C@@H]2CC[C@H]1N2C.Cl.Cl. The monoisotopic (exact) mass is 375 g/mol. The maximum atomic E-state index is 12.3. The second kappa shape index (κ2) is 8.70. The van der Waals surface area contributed by atoms with Gasteiger partial charge in [-0.1, -0.05) is 18.2 Å². The normalized spacial score (nSPS) is 28.2. The Morgan fingerprint density at radius 1 is 1.12 bits per heavy atom. The number of piperidine rings is 1. The molecule has 2 fully saturated rings. The topological polar surface area (TPSA) is 55.8 Å². The van der Waals surface area contributed by atoms with Crippen LogP contribution >= 0.6 is 24.8 Å². The van der Waals surface area contributed by atoms with Crippen LogP contribution in [0.1, 0.15) is 29.6 Å². The Labute approximate surface area is 154 Å². The van der Waals surface area contributed by atoms with Crippen LogP contribution in [0.5, 0.6) is 0 Å². The molecule has 0 radical (unpaired) electrons. The second-order valence-electron chi connectivity index (χ2n) is 6.06. The average Bonchev–Trinajstić information content (AvgIpc) is 2.78. The molecule has 5 nitrogen and oxygen atoms in total. The summed E-state index contributed by atoms with van der Waals surface area (Å²) >= 11 is 0. The molecule has 24 heavy (non-hydrogen) atoms. The van der Waals surface area contributed by atoms with E-state index in [1.165, 1.54) is 7.11 Å². The summed E-state index contributed by atoms with van der Waals surface area (Å²) in [5.74, 6) is -1.06. The Kier molecular flexibility index (Phi) is 7.52. The van der Waals surface area contributed by atoms with Crippen LogP contribution in [0.3, 0.4) is 0 Å². The van der Waals surface area contributed by atoms with Crippen LogP contribution in [-0.4, -0.2) is 49.2 Å². The highest BCUT2D eigenvalue weighted by molar-refractivity contribution is 5.89. The van der Waals surface area contributed by atoms with Gasteiger partial charge < -0.3 is 9.47 Å². The van der Waals surface area contributed by atoms with Crippen molar-refractivity contribution in [3.8, 4) is 0 Å². The van der Waals surface area contributed by atoms with Gasteiger partial charge in [0.25, 0.3) is 0 Å². The number of esters is 2. The fourth-order valence-electron chi connectivity index (χ4n) is 3.77. The van der Waals surface area contributed by atoms with Crippen molar-refractivity contribution in [2.24, 2.45) is 5.92 Å². The van der Waals surface area contributed by atoms with Crippen LogP contribution in [0.15, 0.2) is 30.3 Å². The van der Waals surface area contributed by atoms with Gasteiger partial charge in [0.15, 0.2) is 0 Å². The summed E-state index contributed by atoms with van der Waals surface area (Å²) < 4.78 is 10.6. The third kappa shape index (κ3) is 3.85. The first-order valence-electron chi connectivity index (χ1n) is 7.67. The minimum Gasteiger partial charge on any atom is -0.469 e. The number of hydrogen-bond donors (Lipinski definition) is 0. The molecular weight excluding hydrogens is 353 g/mol. The Bertz CT molecular complexity index is 569. The largest absolute Gasteiger partial charge is 0.469 e. The molecule has 0 N–H and O–H groups in total. The first-order valence-corrected chi connectivity index (χ1v) is 7.67. The lowest BCUT2D eigenvalue weighted by Gasteiger charge is -2.40. The Morgan fingerprint density at radius 2 is 1.79 bits per heavy atom. The van der Waals surface area contributed by atoms with Crippen LogP contribution in [-0.2, 0) is 14.3 Å². The molecule has 0 saturated carbocycles. The van der Waals surface area contributed by atoms with Gasteiger partial charge in [-0.15, -0.1) is 24.8 Å². The van der Waals surface area contributed by atoms with Crippen LogP contribution in [0, 0.1) is 5.92 Å². The van der Waals surface area contributed by atoms with Gasteiger partial charge in [-0.2, -0.15) is 0 Å². The molecule has 1 aromatic rings. The standard InChI is InChI=1S/C17H21NO4.2ClH/c1-18-12-8-9-13(18)15(17(20)21-2)14(10-12)22-16(19)11-6-4-3-5-7-11;;/h3-7,12-15H,8-10H2,1-2H3;2*1H/t12-,13+,14-,15+;;/m0../s1. The molecule has 134 valence electrons. The van der Waals surface area contributed by atoms with E-state index in [2.05, 4.69) is 4.90 Å². The molecule has 0 spiro atoms. The molecule has 1 aromatic carbocycles. The van der Waals surface area contributed by atoms with Gasteiger partial charge in [0.05, 0.1) is 12.7 Å². The zero-order valence-electron chi connectivity index (χ0n) is 13.7. The van der Waals surface area contributed by atoms with Crippen LogP contribution in [0.2, 0.25) is 0 Å². The van der Waals surface area contributed by atoms with Gasteiger partial charge in [-0.3, -0.25) is 9.69 Å². The smallest absolute Gasteiger partial charge is 0.338 e. The number of hydrogen-bond acceptors (Lipinski definition) is 5. The fourth-order valence-corrected chi connectivity index (χ4v) is 3.77. The highest BCUT2D eigenvalue weighted by Gasteiger charge is 2.50. The van der Waals surface area contributed by atoms with Crippen LogP contribution in [0.25, 0.3) is 0 Å². The molecule has 2 heterocycles. The molecular formula is C17H23Cl2NO4. The first kappa shape index (κ1) is 20.7. The molecule has 0 aromatic heterocycles. The summed E-state index contributed by atoms with van der Waals surface area (Å²) in [6.07, 6.45) is 2.26. The van der Waals surface area contributed by atoms with Gasteiger partial charge in [-0.25, -0.2) is 4.79 Å². The predicted molar refractivity (Wildman–Crippen MR) is 94.8 cm³/mol. The summed E-state index contributed by atoms with van der Waals surface area (Å²) in [7, 11) is 3.42. The lowest BCUT2D eigenvalue weighted by atomic mass is 9.87. The molecule has 0 unspecified atom stereocenters. The number of rotatable bonds is 3. The van der Waals surface area contributed by atoms with Gasteiger partial charge in [0, 0.05) is 18.5 Å². The third-order valence-corrected chi connectivity index (χ3v) is 4.96. The van der Waals surface area contributed by atoms with E-state index in [1.54, 1.807) is 24.3 Å². The van der Waals surface area contributed by atoms with Crippen molar-refractivity contribution in [3.05, 3.63) is 35.9 Å². The number of fused-ring (bicyclic) bond motifs is 2. The van der Waals surface area contributed by atoms with Gasteiger partial charge in [0.2, 0.25) is 0 Å². The lowest BCUT2D eigenvalue weighted by molar-refractivity contribution is -0.156. The minimum atomic E-state index is -0.408. The molecule has 3 rings (SSSR count). The summed E-state index contributed by atoms with van der Waals surface area (Å²) in [5.41, 5.74) is 0.511. The first-order chi connectivity index (χ1) is 10.6. The van der Waals surface area contributed by atoms with Crippen molar-refractivity contribution in [2.75, 3.05) is 14.2 Å². The van der Waals surface area contributed by atoms with Crippen molar-refractivity contribution >= 4 is 36.8 Å². The van der Waals surface area contributed by atoms with E-state index in [-0.39, 0.29) is 42.8 Å². The van der Waals surface area contributed by atoms with E-state index < -0.39 is 12.0 Å². The number of halogens is 2. The molecule has 2 saturated heterocycles. The van der Waals surface area contributed by atoms with Crippen LogP contribution in [0.4, 0.5) is 0 Å². The Balaban J connectivity index is 0.00000144. The van der Waals surface area contributed by atoms with E-state index in [0.717, 1.165) is 12.8 Å². The molecule has 7 heteroatoms. The number of nitrogens with zero attached hydrogens (tertiary/aromatic N) is 1. The van der Waals surface area contributed by atoms with Crippen LogP contribution < -0.4 is 0 Å². The molecule has 0 amide bonds. The van der Waals surface area contributed by atoms with Crippen molar-refractivity contribution in [1.82, 2.24) is 4.90 Å². The predicted octanol–water partition coefficient (Wildman–Crippen LogP) is 2.71. The molecule has 2 aliphatic heterocycles. The zero-order chi connectivity index (χ0) is 15.7. The maximum absolute atomic E-state index is 12.3. The summed E-state index contributed by atoms with van der Waals surface area (Å²) in [4.78, 5) is 26.7. The molecule has 2 aliphatic rings. The van der Waals surface area contributed by atoms with Crippen molar-refractivity contribution in [2.45, 2.75) is 37.5 Å².